The molecule has 1 aromatic rings. The van der Waals surface area contributed by atoms with Crippen LogP contribution in [0.25, 0.3) is 0 Å². The minimum Gasteiger partial charge on any atom is -0.282 e. The standard InChI is InChI=1S/C8H9IO3S/c1-5-3-6(2)8(9)7(4-5)13(10,11)12/h3-4H,1-2H3,(H,10,11,12). The lowest BCUT2D eigenvalue weighted by molar-refractivity contribution is 0.482. The van der Waals surface area contributed by atoms with E-state index < -0.39 is 10.1 Å². The van der Waals surface area contributed by atoms with Crippen molar-refractivity contribution in [2.75, 3.05) is 0 Å². The van der Waals surface area contributed by atoms with Crippen LogP contribution in [0.15, 0.2) is 17.0 Å². The third kappa shape index (κ3) is 2.41. The van der Waals surface area contributed by atoms with E-state index in [4.69, 9.17) is 4.55 Å². The minimum absolute atomic E-state index is 0.00870. The molecule has 3 nitrogen and oxygen atoms in total. The average Bonchev–Trinajstić information content (AvgIpc) is 1.94. The van der Waals surface area contributed by atoms with Crippen molar-refractivity contribution in [1.29, 1.82) is 0 Å². The summed E-state index contributed by atoms with van der Waals surface area (Å²) in [5.74, 6) is 0. The number of halogens is 1. The normalized spacial score (nSPS) is 11.7. The fourth-order valence-corrected chi connectivity index (χ4v) is 2.97. The van der Waals surface area contributed by atoms with Gasteiger partial charge in [-0.1, -0.05) is 6.07 Å². The van der Waals surface area contributed by atoms with Crippen LogP contribution in [0.4, 0.5) is 0 Å². The van der Waals surface area contributed by atoms with Crippen molar-refractivity contribution in [2.45, 2.75) is 18.7 Å². The fourth-order valence-electron chi connectivity index (χ4n) is 1.10. The second-order valence-corrected chi connectivity index (χ2v) is 5.34. The SMILES string of the molecule is Cc1cc(C)c(I)c(S(=O)(=O)O)c1. The second kappa shape index (κ2) is 3.55. The summed E-state index contributed by atoms with van der Waals surface area (Å²) < 4.78 is 31.3. The Morgan fingerprint density at radius 2 is 1.85 bits per heavy atom. The molecule has 0 amide bonds. The molecular formula is C8H9IO3S. The lowest BCUT2D eigenvalue weighted by Gasteiger charge is -2.05. The average molecular weight is 312 g/mol. The molecule has 0 atom stereocenters. The van der Waals surface area contributed by atoms with Crippen molar-refractivity contribution >= 4 is 32.7 Å². The molecule has 0 saturated carbocycles. The van der Waals surface area contributed by atoms with Gasteiger partial charge in [-0.3, -0.25) is 4.55 Å². The van der Waals surface area contributed by atoms with Crippen molar-refractivity contribution in [1.82, 2.24) is 0 Å². The molecule has 1 aromatic carbocycles. The highest BCUT2D eigenvalue weighted by Crippen LogP contribution is 2.22. The van der Waals surface area contributed by atoms with Crippen LogP contribution in [-0.4, -0.2) is 13.0 Å². The van der Waals surface area contributed by atoms with Gasteiger partial charge >= 0.3 is 0 Å². The number of aryl methyl sites for hydroxylation is 2. The summed E-state index contributed by atoms with van der Waals surface area (Å²) in [7, 11) is -4.09. The Balaban J connectivity index is 3.56. The Morgan fingerprint density at radius 1 is 1.31 bits per heavy atom. The first-order chi connectivity index (χ1) is 5.82. The van der Waals surface area contributed by atoms with E-state index in [9.17, 15) is 8.42 Å². The summed E-state index contributed by atoms with van der Waals surface area (Å²) in [5.41, 5.74) is 1.68. The molecule has 0 aromatic heterocycles. The zero-order valence-corrected chi connectivity index (χ0v) is 10.2. The molecule has 0 saturated heterocycles. The minimum atomic E-state index is -4.09. The smallest absolute Gasteiger partial charge is 0.282 e. The van der Waals surface area contributed by atoms with Gasteiger partial charge in [0.25, 0.3) is 10.1 Å². The summed E-state index contributed by atoms with van der Waals surface area (Å²) in [6.45, 7) is 3.60. The molecule has 72 valence electrons. The lowest BCUT2D eigenvalue weighted by Crippen LogP contribution is -2.02. The molecule has 5 heteroatoms. The first kappa shape index (κ1) is 10.9. The predicted molar refractivity (Wildman–Crippen MR) is 58.4 cm³/mol. The molecule has 0 aliphatic carbocycles. The van der Waals surface area contributed by atoms with Gasteiger partial charge in [0, 0.05) is 3.57 Å². The summed E-state index contributed by atoms with van der Waals surface area (Å²) in [6.07, 6.45) is 0. The topological polar surface area (TPSA) is 54.4 Å². The molecule has 0 unspecified atom stereocenters. The van der Waals surface area contributed by atoms with E-state index in [2.05, 4.69) is 0 Å². The van der Waals surface area contributed by atoms with E-state index in [1.807, 2.05) is 35.6 Å². The van der Waals surface area contributed by atoms with Gasteiger partial charge in [-0.05, 0) is 53.6 Å². The molecule has 0 heterocycles. The van der Waals surface area contributed by atoms with Gasteiger partial charge in [-0.25, -0.2) is 0 Å². The molecule has 0 bridgehead atoms. The Labute approximate surface area is 91.1 Å². The van der Waals surface area contributed by atoms with Crippen LogP contribution in [0, 0.1) is 17.4 Å². The van der Waals surface area contributed by atoms with E-state index in [1.165, 1.54) is 6.07 Å². The van der Waals surface area contributed by atoms with E-state index in [0.717, 1.165) is 11.1 Å². The second-order valence-electron chi connectivity index (χ2n) is 2.87. The summed E-state index contributed by atoms with van der Waals surface area (Å²) in [5, 5.41) is 0. The highest BCUT2D eigenvalue weighted by atomic mass is 127. The van der Waals surface area contributed by atoms with Gasteiger partial charge in [-0.2, -0.15) is 8.42 Å². The van der Waals surface area contributed by atoms with Gasteiger partial charge in [0.15, 0.2) is 0 Å². The maximum atomic E-state index is 10.9. The Morgan fingerprint density at radius 3 is 2.31 bits per heavy atom. The van der Waals surface area contributed by atoms with Crippen molar-refractivity contribution in [3.8, 4) is 0 Å². The zero-order valence-electron chi connectivity index (χ0n) is 7.20. The van der Waals surface area contributed by atoms with Crippen molar-refractivity contribution < 1.29 is 13.0 Å². The van der Waals surface area contributed by atoms with Crippen LogP contribution in [0.2, 0.25) is 0 Å². The van der Waals surface area contributed by atoms with Gasteiger partial charge in [0.1, 0.15) is 4.90 Å². The maximum absolute atomic E-state index is 10.9. The Bertz CT molecular complexity index is 437. The van der Waals surface area contributed by atoms with Crippen molar-refractivity contribution in [2.24, 2.45) is 0 Å². The number of benzene rings is 1. The molecular weight excluding hydrogens is 303 g/mol. The van der Waals surface area contributed by atoms with E-state index in [-0.39, 0.29) is 4.90 Å². The number of hydrogen-bond donors (Lipinski definition) is 1. The van der Waals surface area contributed by atoms with Gasteiger partial charge in [0.05, 0.1) is 0 Å². The number of hydrogen-bond acceptors (Lipinski definition) is 2. The maximum Gasteiger partial charge on any atom is 0.295 e. The van der Waals surface area contributed by atoms with E-state index in [0.29, 0.717) is 3.57 Å². The molecule has 1 rings (SSSR count). The van der Waals surface area contributed by atoms with Crippen LogP contribution < -0.4 is 0 Å². The molecule has 0 radical (unpaired) electrons. The molecule has 0 aliphatic heterocycles. The fraction of sp³-hybridized carbons (Fsp3) is 0.250. The number of rotatable bonds is 1. The predicted octanol–water partition coefficient (Wildman–Crippen LogP) is 2.15. The Kier molecular flexibility index (Phi) is 2.98. The highest BCUT2D eigenvalue weighted by Gasteiger charge is 2.15. The van der Waals surface area contributed by atoms with E-state index >= 15 is 0 Å². The van der Waals surface area contributed by atoms with Gasteiger partial charge in [-0.15, -0.1) is 0 Å². The highest BCUT2D eigenvalue weighted by molar-refractivity contribution is 14.1. The first-order valence-corrected chi connectivity index (χ1v) is 6.08. The van der Waals surface area contributed by atoms with Crippen LogP contribution >= 0.6 is 22.6 Å². The molecule has 0 aliphatic rings. The largest absolute Gasteiger partial charge is 0.295 e. The summed E-state index contributed by atoms with van der Waals surface area (Å²) in [6, 6.07) is 3.33. The van der Waals surface area contributed by atoms with Crippen LogP contribution in [0.1, 0.15) is 11.1 Å². The van der Waals surface area contributed by atoms with E-state index in [1.54, 1.807) is 6.92 Å². The zero-order chi connectivity index (χ0) is 10.2. The van der Waals surface area contributed by atoms with Crippen LogP contribution in [-0.2, 0) is 10.1 Å². The molecule has 1 N–H and O–H groups in total. The van der Waals surface area contributed by atoms with Crippen LogP contribution in [0.3, 0.4) is 0 Å². The first-order valence-electron chi connectivity index (χ1n) is 3.56. The van der Waals surface area contributed by atoms with Crippen molar-refractivity contribution in [3.05, 3.63) is 26.8 Å². The monoisotopic (exact) mass is 312 g/mol. The third-order valence-electron chi connectivity index (χ3n) is 1.64. The van der Waals surface area contributed by atoms with Gasteiger partial charge < -0.3 is 0 Å². The van der Waals surface area contributed by atoms with Gasteiger partial charge in [0.2, 0.25) is 0 Å². The van der Waals surface area contributed by atoms with Crippen LogP contribution in [0.5, 0.6) is 0 Å². The Hall–Kier alpha value is -0.140. The summed E-state index contributed by atoms with van der Waals surface area (Å²) >= 11 is 1.91. The van der Waals surface area contributed by atoms with Crippen molar-refractivity contribution in [3.63, 3.8) is 0 Å². The molecule has 0 spiro atoms. The quantitative estimate of drug-likeness (QED) is 0.638. The summed E-state index contributed by atoms with van der Waals surface area (Å²) in [4.78, 5) is -0.00870. The third-order valence-corrected chi connectivity index (χ3v) is 4.32. The lowest BCUT2D eigenvalue weighted by atomic mass is 10.2. The molecule has 13 heavy (non-hydrogen) atoms. The molecule has 0 fully saturated rings.